The Morgan fingerprint density at radius 2 is 1.90 bits per heavy atom. The van der Waals surface area contributed by atoms with Crippen LogP contribution in [0.25, 0.3) is 0 Å². The Bertz CT molecular complexity index is 1810. The number of fused-ring (bicyclic) bond motifs is 1. The highest BCUT2D eigenvalue weighted by Crippen LogP contribution is 2.41. The van der Waals surface area contributed by atoms with E-state index in [0.717, 1.165) is 45.6 Å². The van der Waals surface area contributed by atoms with Gasteiger partial charge in [0.05, 0.1) is 5.60 Å². The highest BCUT2D eigenvalue weighted by Gasteiger charge is 2.54. The molecule has 0 aliphatic carbocycles. The number of imide groups is 1. The first kappa shape index (κ1) is 39.0. The van der Waals surface area contributed by atoms with E-state index in [2.05, 4.69) is 35.8 Å². The molecular formula is C25H27F3N10O10S3. The van der Waals surface area contributed by atoms with Gasteiger partial charge in [0.15, 0.2) is 10.8 Å². The number of anilines is 1. The third kappa shape index (κ3) is 8.74. The number of thiazole rings is 1. The molecule has 51 heavy (non-hydrogen) atoms. The standard InChI is InChI=1S/C25H27F3N10O10S3/c1-9(16(40)38(23(45)46)48-24(2,3)4)37-22(32-34-35-37)51-7-10-6-49-18-13(17(41)36(18)14(10)19(42)43)30-15(39)12(33-47-5)11-8-50-21(29-11)31-20(44)25(26,27)28/h8-9,13,18H,6-7H2,1-5H3,(H,30,39)(H,42,43)(H,45,46)(H,29,31,44)/b33-12+. The maximum absolute atomic E-state index is 13.2. The Morgan fingerprint density at radius 1 is 1.22 bits per heavy atom. The number of aromatic nitrogens is 5. The van der Waals surface area contributed by atoms with Crippen LogP contribution >= 0.6 is 34.9 Å². The summed E-state index contributed by atoms with van der Waals surface area (Å²) in [6.45, 7) is 5.96. The second-order valence-electron chi connectivity index (χ2n) is 11.2. The van der Waals surface area contributed by atoms with Gasteiger partial charge in [-0.3, -0.25) is 34.2 Å². The second kappa shape index (κ2) is 15.2. The summed E-state index contributed by atoms with van der Waals surface area (Å²) in [6, 6.07) is -2.51. The lowest BCUT2D eigenvalue weighted by Crippen LogP contribution is -2.71. The number of aliphatic carboxylic acids is 1. The lowest BCUT2D eigenvalue weighted by Gasteiger charge is -2.49. The number of carboxylic acid groups (broad SMARTS) is 2. The predicted octanol–water partition coefficient (Wildman–Crippen LogP) is 1.31. The van der Waals surface area contributed by atoms with Gasteiger partial charge in [0.25, 0.3) is 17.7 Å². The van der Waals surface area contributed by atoms with E-state index in [9.17, 15) is 52.2 Å². The summed E-state index contributed by atoms with van der Waals surface area (Å²) < 4.78 is 38.9. The average molecular weight is 781 g/mol. The number of hydroxylamine groups is 2. The van der Waals surface area contributed by atoms with Crippen LogP contribution in [0.3, 0.4) is 0 Å². The number of amides is 5. The van der Waals surface area contributed by atoms with Crippen molar-refractivity contribution in [3.8, 4) is 0 Å². The maximum Gasteiger partial charge on any atom is 0.471 e. The topological polar surface area (TPSA) is 261 Å². The summed E-state index contributed by atoms with van der Waals surface area (Å²) in [6.07, 6.45) is -6.86. The van der Waals surface area contributed by atoms with Crippen LogP contribution in [0.5, 0.6) is 0 Å². The van der Waals surface area contributed by atoms with Crippen LogP contribution in [0.1, 0.15) is 39.4 Å². The van der Waals surface area contributed by atoms with Crippen molar-refractivity contribution in [2.45, 2.75) is 62.1 Å². The summed E-state index contributed by atoms with van der Waals surface area (Å²) in [5.74, 6) is -6.59. The number of carbonyl (C=O) groups is 6. The number of halogens is 3. The highest BCUT2D eigenvalue weighted by atomic mass is 32.2. The van der Waals surface area contributed by atoms with Crippen molar-refractivity contribution in [2.24, 2.45) is 5.16 Å². The van der Waals surface area contributed by atoms with E-state index in [-0.39, 0.29) is 38.7 Å². The molecule has 3 atom stereocenters. The molecule has 1 fully saturated rings. The molecule has 3 unspecified atom stereocenters. The first-order valence-corrected chi connectivity index (χ1v) is 17.0. The molecule has 20 nitrogen and oxygen atoms in total. The Kier molecular flexibility index (Phi) is 11.6. The molecule has 0 saturated carbocycles. The van der Waals surface area contributed by atoms with Gasteiger partial charge in [0, 0.05) is 16.9 Å². The minimum Gasteiger partial charge on any atom is -0.477 e. The molecule has 4 rings (SSSR count). The van der Waals surface area contributed by atoms with Gasteiger partial charge < -0.3 is 20.4 Å². The quantitative estimate of drug-likeness (QED) is 0.102. The number of carbonyl (C=O) groups excluding carboxylic acids is 4. The average Bonchev–Trinajstić information content (AvgIpc) is 3.71. The monoisotopic (exact) mass is 780 g/mol. The molecule has 2 aromatic heterocycles. The lowest BCUT2D eigenvalue weighted by molar-refractivity contribution is -0.211. The van der Waals surface area contributed by atoms with Gasteiger partial charge in [-0.25, -0.2) is 19.3 Å². The number of hydrogen-bond donors (Lipinski definition) is 4. The van der Waals surface area contributed by atoms with Crippen molar-refractivity contribution in [2.75, 3.05) is 23.9 Å². The van der Waals surface area contributed by atoms with Crippen molar-refractivity contribution in [3.05, 3.63) is 22.3 Å². The van der Waals surface area contributed by atoms with Gasteiger partial charge in [-0.2, -0.15) is 13.2 Å². The van der Waals surface area contributed by atoms with Crippen LogP contribution in [-0.2, 0) is 33.6 Å². The fourth-order valence-corrected chi connectivity index (χ4v) is 7.44. The molecule has 0 spiro atoms. The first-order valence-electron chi connectivity index (χ1n) is 14.1. The van der Waals surface area contributed by atoms with Crippen LogP contribution < -0.4 is 10.6 Å². The van der Waals surface area contributed by atoms with Crippen molar-refractivity contribution < 1.29 is 61.8 Å². The fraction of sp³-hybridized carbons (Fsp3) is 0.480. The van der Waals surface area contributed by atoms with Crippen LogP contribution in [0, 0.1) is 0 Å². The summed E-state index contributed by atoms with van der Waals surface area (Å²) in [7, 11) is 1.08. The molecule has 26 heteroatoms. The molecule has 4 heterocycles. The van der Waals surface area contributed by atoms with Gasteiger partial charge in [0.1, 0.15) is 36.0 Å². The molecule has 0 radical (unpaired) electrons. The van der Waals surface area contributed by atoms with Crippen LogP contribution in [0.15, 0.2) is 27.0 Å². The van der Waals surface area contributed by atoms with E-state index in [1.54, 1.807) is 26.1 Å². The number of carboxylic acids is 1. The van der Waals surface area contributed by atoms with E-state index in [0.29, 0.717) is 11.3 Å². The van der Waals surface area contributed by atoms with Gasteiger partial charge in [0.2, 0.25) is 5.16 Å². The summed E-state index contributed by atoms with van der Waals surface area (Å²) in [5, 5.41) is 38.2. The first-order chi connectivity index (χ1) is 23.7. The lowest BCUT2D eigenvalue weighted by atomic mass is 10.0. The Balaban J connectivity index is 1.46. The second-order valence-corrected chi connectivity index (χ2v) is 14.1. The summed E-state index contributed by atoms with van der Waals surface area (Å²) in [5.41, 5.74) is -1.96. The molecule has 4 N–H and O–H groups in total. The largest absolute Gasteiger partial charge is 0.477 e. The number of oxime groups is 1. The number of rotatable bonds is 12. The number of β-lactam (4-membered cyclic amide) rings is 1. The van der Waals surface area contributed by atoms with Crippen LogP contribution in [0.4, 0.5) is 23.1 Å². The number of alkyl halides is 3. The highest BCUT2D eigenvalue weighted by molar-refractivity contribution is 8.01. The van der Waals surface area contributed by atoms with Crippen molar-refractivity contribution in [1.29, 1.82) is 0 Å². The molecule has 276 valence electrons. The van der Waals surface area contributed by atoms with E-state index < -0.39 is 75.8 Å². The van der Waals surface area contributed by atoms with Crippen LogP contribution in [-0.4, -0.2) is 129 Å². The molecule has 0 aromatic carbocycles. The molecule has 2 aliphatic rings. The molecule has 2 aromatic rings. The SMILES string of the molecule is CO/N=C(/C(=O)NC1C(=O)N2C(C(=O)O)=C(CSc3nnnn3C(C)C(=O)N(OC(C)(C)C)C(=O)O)CSC12)c1csc(NC(=O)C(F)(F)F)n1. The minimum absolute atomic E-state index is 0.0227. The number of thioether (sulfide) groups is 2. The number of hydrogen-bond acceptors (Lipinski definition) is 16. The Hall–Kier alpha value is -4.82. The van der Waals surface area contributed by atoms with E-state index in [4.69, 9.17) is 4.84 Å². The predicted molar refractivity (Wildman–Crippen MR) is 169 cm³/mol. The molecule has 2 aliphatic heterocycles. The Labute approximate surface area is 296 Å². The maximum atomic E-state index is 13.2. The summed E-state index contributed by atoms with van der Waals surface area (Å²) in [4.78, 5) is 89.3. The van der Waals surface area contributed by atoms with Crippen molar-refractivity contribution >= 4 is 81.4 Å². The molecule has 5 amide bonds. The van der Waals surface area contributed by atoms with Gasteiger partial charge in [-0.1, -0.05) is 16.9 Å². The van der Waals surface area contributed by atoms with Crippen molar-refractivity contribution in [1.82, 2.24) is 40.5 Å². The van der Waals surface area contributed by atoms with E-state index in [1.807, 2.05) is 0 Å². The fourth-order valence-electron chi connectivity index (χ4n) is 4.31. The zero-order valence-electron chi connectivity index (χ0n) is 26.8. The number of nitrogens with zero attached hydrogens (tertiary/aromatic N) is 8. The molecular weight excluding hydrogens is 754 g/mol. The van der Waals surface area contributed by atoms with Gasteiger partial charge in [-0.15, -0.1) is 33.3 Å². The van der Waals surface area contributed by atoms with E-state index in [1.165, 1.54) is 6.92 Å². The Morgan fingerprint density at radius 3 is 2.49 bits per heavy atom. The zero-order valence-corrected chi connectivity index (χ0v) is 29.3. The minimum atomic E-state index is -5.19. The third-order valence-corrected chi connectivity index (χ3v) is 9.58. The summed E-state index contributed by atoms with van der Waals surface area (Å²) >= 11 is 2.59. The van der Waals surface area contributed by atoms with Crippen molar-refractivity contribution in [3.63, 3.8) is 0 Å². The van der Waals surface area contributed by atoms with E-state index >= 15 is 0 Å². The van der Waals surface area contributed by atoms with Gasteiger partial charge >= 0.3 is 24.1 Å². The zero-order chi connectivity index (χ0) is 38.0. The third-order valence-electron chi connectivity index (χ3n) is 6.46. The van der Waals surface area contributed by atoms with Crippen LogP contribution in [0.2, 0.25) is 0 Å². The number of tetrazole rings is 1. The number of nitrogens with one attached hydrogen (secondary N) is 2. The smallest absolute Gasteiger partial charge is 0.471 e. The normalized spacial score (nSPS) is 18.4. The van der Waals surface area contributed by atoms with Gasteiger partial charge in [-0.05, 0) is 43.7 Å². The molecule has 0 bridgehead atoms. The molecule has 1 saturated heterocycles.